The fraction of sp³-hybridized carbons (Fsp3) is 0.294. The van der Waals surface area contributed by atoms with Gasteiger partial charge < -0.3 is 4.74 Å². The smallest absolute Gasteiger partial charge is 0.124 e. The molecule has 21 heavy (non-hydrogen) atoms. The first-order valence-electron chi connectivity index (χ1n) is 7.12. The van der Waals surface area contributed by atoms with Crippen LogP contribution in [0.4, 0.5) is 0 Å². The monoisotopic (exact) mass is 302 g/mol. The SMILES string of the molecule is CCOc1ccccc1C(CSc1cccc(C)c1)NN. The predicted octanol–water partition coefficient (Wildman–Crippen LogP) is 3.69. The van der Waals surface area contributed by atoms with Crippen molar-refractivity contribution in [2.24, 2.45) is 5.84 Å². The van der Waals surface area contributed by atoms with Gasteiger partial charge in [-0.25, -0.2) is 0 Å². The maximum atomic E-state index is 5.75. The molecule has 2 aromatic rings. The minimum atomic E-state index is 0.0539. The number of benzene rings is 2. The highest BCUT2D eigenvalue weighted by atomic mass is 32.2. The van der Waals surface area contributed by atoms with Crippen LogP contribution >= 0.6 is 11.8 Å². The Bertz CT molecular complexity index is 574. The maximum absolute atomic E-state index is 5.75. The van der Waals surface area contributed by atoms with E-state index in [0.717, 1.165) is 17.1 Å². The van der Waals surface area contributed by atoms with E-state index in [1.54, 1.807) is 11.8 Å². The Balaban J connectivity index is 2.09. The number of hydrogen-bond donors (Lipinski definition) is 2. The summed E-state index contributed by atoms with van der Waals surface area (Å²) in [6.45, 7) is 4.75. The third-order valence-electron chi connectivity index (χ3n) is 3.20. The summed E-state index contributed by atoms with van der Waals surface area (Å²) in [5.74, 6) is 7.49. The number of para-hydroxylation sites is 1. The molecule has 0 aliphatic heterocycles. The van der Waals surface area contributed by atoms with Crippen molar-refractivity contribution >= 4 is 11.8 Å². The van der Waals surface area contributed by atoms with Crippen LogP contribution in [0, 0.1) is 6.92 Å². The van der Waals surface area contributed by atoms with Gasteiger partial charge in [-0.1, -0.05) is 35.9 Å². The van der Waals surface area contributed by atoms with E-state index in [9.17, 15) is 0 Å². The molecule has 0 aliphatic carbocycles. The van der Waals surface area contributed by atoms with Crippen molar-refractivity contribution in [1.82, 2.24) is 5.43 Å². The Kier molecular flexibility index (Phi) is 6.11. The lowest BCUT2D eigenvalue weighted by Crippen LogP contribution is -2.30. The van der Waals surface area contributed by atoms with E-state index in [-0.39, 0.29) is 6.04 Å². The summed E-state index contributed by atoms with van der Waals surface area (Å²) in [7, 11) is 0. The summed E-state index contributed by atoms with van der Waals surface area (Å²) in [5.41, 5.74) is 5.27. The molecule has 2 aromatic carbocycles. The number of thioether (sulfide) groups is 1. The molecule has 0 aromatic heterocycles. The first-order valence-corrected chi connectivity index (χ1v) is 8.10. The standard InChI is InChI=1S/C17H22N2OS/c1-3-20-17-10-5-4-9-15(17)16(19-18)12-21-14-8-6-7-13(2)11-14/h4-11,16,19H,3,12,18H2,1-2H3. The molecule has 0 heterocycles. The van der Waals surface area contributed by atoms with E-state index in [1.807, 2.05) is 25.1 Å². The molecule has 3 N–H and O–H groups in total. The number of nitrogens with two attached hydrogens (primary N) is 1. The van der Waals surface area contributed by atoms with Crippen LogP contribution in [0.25, 0.3) is 0 Å². The molecule has 0 saturated carbocycles. The van der Waals surface area contributed by atoms with E-state index in [4.69, 9.17) is 10.6 Å². The van der Waals surface area contributed by atoms with Crippen molar-refractivity contribution in [2.45, 2.75) is 24.8 Å². The average molecular weight is 302 g/mol. The minimum absolute atomic E-state index is 0.0539. The highest BCUT2D eigenvalue weighted by Crippen LogP contribution is 2.30. The number of hydrogen-bond acceptors (Lipinski definition) is 4. The zero-order valence-electron chi connectivity index (χ0n) is 12.5. The van der Waals surface area contributed by atoms with E-state index in [1.165, 1.54) is 10.5 Å². The lowest BCUT2D eigenvalue weighted by molar-refractivity contribution is 0.333. The molecule has 4 heteroatoms. The van der Waals surface area contributed by atoms with Gasteiger partial charge in [-0.3, -0.25) is 11.3 Å². The molecule has 0 radical (unpaired) electrons. The summed E-state index contributed by atoms with van der Waals surface area (Å²) in [6.07, 6.45) is 0. The summed E-state index contributed by atoms with van der Waals surface area (Å²) in [4.78, 5) is 1.25. The van der Waals surface area contributed by atoms with Crippen molar-refractivity contribution in [1.29, 1.82) is 0 Å². The summed E-state index contributed by atoms with van der Waals surface area (Å²) < 4.78 is 5.69. The van der Waals surface area contributed by atoms with Crippen molar-refractivity contribution in [3.63, 3.8) is 0 Å². The Morgan fingerprint density at radius 3 is 2.71 bits per heavy atom. The van der Waals surface area contributed by atoms with Gasteiger partial charge in [0.25, 0.3) is 0 Å². The van der Waals surface area contributed by atoms with Crippen molar-refractivity contribution in [3.8, 4) is 5.75 Å². The zero-order chi connectivity index (χ0) is 15.1. The average Bonchev–Trinajstić information content (AvgIpc) is 2.50. The van der Waals surface area contributed by atoms with Crippen LogP contribution in [0.3, 0.4) is 0 Å². The van der Waals surface area contributed by atoms with Gasteiger partial charge >= 0.3 is 0 Å². The van der Waals surface area contributed by atoms with Gasteiger partial charge in [0.1, 0.15) is 5.75 Å². The molecule has 3 nitrogen and oxygen atoms in total. The number of aryl methyl sites for hydroxylation is 1. The van der Waals surface area contributed by atoms with Crippen LogP contribution in [0.5, 0.6) is 5.75 Å². The van der Waals surface area contributed by atoms with Crippen molar-refractivity contribution in [3.05, 3.63) is 59.7 Å². The first-order chi connectivity index (χ1) is 10.2. The summed E-state index contributed by atoms with van der Waals surface area (Å²) in [5, 5.41) is 0. The van der Waals surface area contributed by atoms with Crippen LogP contribution in [0.1, 0.15) is 24.1 Å². The molecule has 0 aliphatic rings. The van der Waals surface area contributed by atoms with Crippen LogP contribution in [-0.4, -0.2) is 12.4 Å². The van der Waals surface area contributed by atoms with Gasteiger partial charge in [-0.05, 0) is 32.0 Å². The normalized spacial score (nSPS) is 12.1. The lowest BCUT2D eigenvalue weighted by atomic mass is 10.1. The van der Waals surface area contributed by atoms with E-state index >= 15 is 0 Å². The quantitative estimate of drug-likeness (QED) is 0.465. The van der Waals surface area contributed by atoms with Crippen LogP contribution in [0.15, 0.2) is 53.4 Å². The number of ether oxygens (including phenoxy) is 1. The highest BCUT2D eigenvalue weighted by Gasteiger charge is 2.15. The van der Waals surface area contributed by atoms with E-state index in [2.05, 4.69) is 42.7 Å². The van der Waals surface area contributed by atoms with Gasteiger partial charge in [0.15, 0.2) is 0 Å². The largest absolute Gasteiger partial charge is 0.494 e. The Hall–Kier alpha value is -1.49. The van der Waals surface area contributed by atoms with Gasteiger partial charge in [-0.2, -0.15) is 0 Å². The molecular formula is C17H22N2OS. The number of hydrazine groups is 1. The molecule has 112 valence electrons. The molecular weight excluding hydrogens is 280 g/mol. The van der Waals surface area contributed by atoms with Gasteiger partial charge in [-0.15, -0.1) is 11.8 Å². The minimum Gasteiger partial charge on any atom is -0.494 e. The molecule has 0 spiro atoms. The van der Waals surface area contributed by atoms with Gasteiger partial charge in [0.05, 0.1) is 12.6 Å². The van der Waals surface area contributed by atoms with E-state index in [0.29, 0.717) is 6.61 Å². The van der Waals surface area contributed by atoms with Crippen LogP contribution in [-0.2, 0) is 0 Å². The molecule has 0 fully saturated rings. The third-order valence-corrected chi connectivity index (χ3v) is 4.29. The van der Waals surface area contributed by atoms with Gasteiger partial charge in [0.2, 0.25) is 0 Å². The molecule has 0 saturated heterocycles. The fourth-order valence-corrected chi connectivity index (χ4v) is 3.25. The van der Waals surface area contributed by atoms with Crippen molar-refractivity contribution in [2.75, 3.05) is 12.4 Å². The topological polar surface area (TPSA) is 47.3 Å². The van der Waals surface area contributed by atoms with Crippen LogP contribution < -0.4 is 16.0 Å². The Labute approximate surface area is 130 Å². The molecule has 2 rings (SSSR count). The van der Waals surface area contributed by atoms with Crippen LogP contribution in [0.2, 0.25) is 0 Å². The number of rotatable bonds is 7. The lowest BCUT2D eigenvalue weighted by Gasteiger charge is -2.19. The summed E-state index contributed by atoms with van der Waals surface area (Å²) >= 11 is 1.79. The zero-order valence-corrected chi connectivity index (χ0v) is 13.3. The predicted molar refractivity (Wildman–Crippen MR) is 89.6 cm³/mol. The summed E-state index contributed by atoms with van der Waals surface area (Å²) in [6, 6.07) is 16.6. The molecule has 1 unspecified atom stereocenters. The second kappa shape index (κ2) is 8.08. The Morgan fingerprint density at radius 1 is 1.19 bits per heavy atom. The maximum Gasteiger partial charge on any atom is 0.124 e. The molecule has 0 bridgehead atoms. The second-order valence-electron chi connectivity index (χ2n) is 4.82. The fourth-order valence-electron chi connectivity index (χ4n) is 2.17. The highest BCUT2D eigenvalue weighted by molar-refractivity contribution is 7.99. The molecule has 1 atom stereocenters. The second-order valence-corrected chi connectivity index (χ2v) is 5.91. The Morgan fingerprint density at radius 2 is 2.00 bits per heavy atom. The third kappa shape index (κ3) is 4.49. The van der Waals surface area contributed by atoms with E-state index < -0.39 is 0 Å². The number of nitrogens with one attached hydrogen (secondary N) is 1. The molecule has 0 amide bonds. The first kappa shape index (κ1) is 15.9. The van der Waals surface area contributed by atoms with Crippen molar-refractivity contribution < 1.29 is 4.74 Å². The van der Waals surface area contributed by atoms with Gasteiger partial charge in [0, 0.05) is 16.2 Å².